The van der Waals surface area contributed by atoms with Gasteiger partial charge in [-0.1, -0.05) is 38.5 Å². The largest absolute Gasteiger partial charge is 0.310 e. The quantitative estimate of drug-likeness (QED) is 0.383. The molecule has 0 saturated heterocycles. The van der Waals surface area contributed by atoms with Gasteiger partial charge in [0.2, 0.25) is 0 Å². The first-order valence-corrected chi connectivity index (χ1v) is 11.6. The molecule has 2 aliphatic rings. The van der Waals surface area contributed by atoms with Gasteiger partial charge in [0.05, 0.1) is 16.4 Å². The maximum atomic E-state index is 12.7. The Morgan fingerprint density at radius 2 is 2.08 bits per heavy atom. The number of hydrogen-bond acceptors (Lipinski definition) is 3. The van der Waals surface area contributed by atoms with Crippen molar-refractivity contribution in [3.63, 3.8) is 0 Å². The number of alkyl halides is 1. The minimum atomic E-state index is -3.06. The molecule has 4 atom stereocenters. The van der Waals surface area contributed by atoms with Crippen LogP contribution in [0.15, 0.2) is 23.8 Å². The Morgan fingerprint density at radius 3 is 2.72 bits per heavy atom. The van der Waals surface area contributed by atoms with Gasteiger partial charge in [-0.25, -0.2) is 8.42 Å². The molecular formula is C20H32ClNO2S. The van der Waals surface area contributed by atoms with Crippen LogP contribution in [0.3, 0.4) is 0 Å². The van der Waals surface area contributed by atoms with Crippen LogP contribution in [0.4, 0.5) is 0 Å². The van der Waals surface area contributed by atoms with E-state index in [1.807, 2.05) is 0 Å². The Bertz CT molecular complexity index is 653. The van der Waals surface area contributed by atoms with Crippen LogP contribution in [0.2, 0.25) is 0 Å². The molecule has 25 heavy (non-hydrogen) atoms. The molecule has 0 aromatic heterocycles. The zero-order valence-corrected chi connectivity index (χ0v) is 17.3. The second-order valence-corrected chi connectivity index (χ2v) is 11.1. The zero-order valence-electron chi connectivity index (χ0n) is 15.7. The fraction of sp³-hybridized carbons (Fsp3) is 0.750. The first-order valence-electron chi connectivity index (χ1n) is 9.44. The molecule has 142 valence electrons. The first-order chi connectivity index (χ1) is 11.6. The van der Waals surface area contributed by atoms with E-state index in [-0.39, 0.29) is 21.8 Å². The van der Waals surface area contributed by atoms with Crippen molar-refractivity contribution in [2.24, 2.45) is 11.3 Å². The Kier molecular flexibility index (Phi) is 6.94. The van der Waals surface area contributed by atoms with E-state index in [4.69, 9.17) is 17.0 Å². The molecule has 0 amide bonds. The summed E-state index contributed by atoms with van der Waals surface area (Å²) in [6, 6.07) is 0. The number of nitrogens with one attached hydrogen (secondary N) is 1. The molecule has 2 aliphatic carbocycles. The van der Waals surface area contributed by atoms with Gasteiger partial charge >= 0.3 is 0 Å². The van der Waals surface area contributed by atoms with Gasteiger partial charge in [0.25, 0.3) is 0 Å². The maximum Gasteiger partial charge on any atom is 0.153 e. The topological polar surface area (TPSA) is 58.0 Å². The van der Waals surface area contributed by atoms with Gasteiger partial charge in [0, 0.05) is 5.71 Å². The second kappa shape index (κ2) is 8.39. The predicted molar refractivity (Wildman–Crippen MR) is 107 cm³/mol. The highest BCUT2D eigenvalue weighted by molar-refractivity contribution is 7.92. The van der Waals surface area contributed by atoms with Crippen molar-refractivity contribution < 1.29 is 8.42 Å². The Balaban J connectivity index is 2.03. The van der Waals surface area contributed by atoms with Crippen molar-refractivity contribution in [1.82, 2.24) is 0 Å². The normalized spacial score (nSPS) is 33.6. The summed E-state index contributed by atoms with van der Waals surface area (Å²) in [6.07, 6.45) is 12.1. The van der Waals surface area contributed by atoms with Gasteiger partial charge in [-0.2, -0.15) is 0 Å². The highest BCUT2D eigenvalue weighted by Gasteiger charge is 2.36. The molecule has 3 unspecified atom stereocenters. The van der Waals surface area contributed by atoms with Crippen LogP contribution < -0.4 is 0 Å². The number of allylic oxidation sites excluding steroid dienone is 4. The summed E-state index contributed by atoms with van der Waals surface area (Å²) in [4.78, 5) is 0. The van der Waals surface area contributed by atoms with Crippen LogP contribution in [-0.2, 0) is 9.84 Å². The van der Waals surface area contributed by atoms with Crippen LogP contribution in [0.25, 0.3) is 0 Å². The Labute approximate surface area is 158 Å². The van der Waals surface area contributed by atoms with Crippen LogP contribution in [0.5, 0.6) is 0 Å². The highest BCUT2D eigenvalue weighted by Crippen LogP contribution is 2.44. The molecule has 2 rings (SSSR count). The maximum absolute atomic E-state index is 12.7. The van der Waals surface area contributed by atoms with Gasteiger partial charge in [-0.15, -0.1) is 11.6 Å². The van der Waals surface area contributed by atoms with Gasteiger partial charge in [0.15, 0.2) is 9.84 Å². The number of sulfone groups is 1. The molecule has 0 aromatic carbocycles. The molecule has 3 nitrogen and oxygen atoms in total. The van der Waals surface area contributed by atoms with Crippen LogP contribution in [0, 0.1) is 16.7 Å². The van der Waals surface area contributed by atoms with Crippen molar-refractivity contribution in [3.05, 3.63) is 23.8 Å². The van der Waals surface area contributed by atoms with Crippen molar-refractivity contribution in [2.75, 3.05) is 5.75 Å². The van der Waals surface area contributed by atoms with E-state index in [1.165, 1.54) is 5.57 Å². The summed E-state index contributed by atoms with van der Waals surface area (Å²) in [5.41, 5.74) is 1.94. The van der Waals surface area contributed by atoms with E-state index in [1.54, 1.807) is 6.92 Å². The van der Waals surface area contributed by atoms with E-state index in [9.17, 15) is 8.42 Å². The summed E-state index contributed by atoms with van der Waals surface area (Å²) in [7, 11) is -3.06. The summed E-state index contributed by atoms with van der Waals surface area (Å²) < 4.78 is 25.4. The molecule has 5 heteroatoms. The number of rotatable bonds is 6. The average molecular weight is 386 g/mol. The lowest BCUT2D eigenvalue weighted by Crippen LogP contribution is -2.25. The highest BCUT2D eigenvalue weighted by atomic mass is 35.5. The fourth-order valence-corrected chi connectivity index (χ4v) is 6.05. The van der Waals surface area contributed by atoms with Crippen molar-refractivity contribution >= 4 is 27.1 Å². The first kappa shape index (κ1) is 20.7. The standard InChI is InChI=1S/C20H32ClNO2S/c1-15-14-17(8-9-19(15)21)20(3)11-4-7-18(10-12-20)25(23,24)13-5-6-16(2)22/h8-9,14-15,18-19,22H,4-7,10-13H2,1-3H3/t15?,18?,19?,20-/m0/s1. The van der Waals surface area contributed by atoms with E-state index in [0.29, 0.717) is 24.5 Å². The Morgan fingerprint density at radius 1 is 1.36 bits per heavy atom. The molecule has 0 radical (unpaired) electrons. The summed E-state index contributed by atoms with van der Waals surface area (Å²) in [5.74, 6) is 0.545. The molecule has 1 fully saturated rings. The van der Waals surface area contributed by atoms with E-state index in [0.717, 1.165) is 32.1 Å². The molecule has 0 aromatic rings. The number of halogens is 1. The van der Waals surface area contributed by atoms with E-state index in [2.05, 4.69) is 32.1 Å². The minimum Gasteiger partial charge on any atom is -0.310 e. The third-order valence-corrected chi connectivity index (χ3v) is 8.75. The molecule has 1 saturated carbocycles. The van der Waals surface area contributed by atoms with Gasteiger partial charge < -0.3 is 5.41 Å². The zero-order chi connectivity index (χ0) is 18.7. The van der Waals surface area contributed by atoms with Crippen LogP contribution >= 0.6 is 11.6 Å². The number of hydrogen-bond donors (Lipinski definition) is 1. The second-order valence-electron chi connectivity index (χ2n) is 8.15. The molecule has 0 aliphatic heterocycles. The van der Waals surface area contributed by atoms with Crippen LogP contribution in [-0.4, -0.2) is 30.5 Å². The summed E-state index contributed by atoms with van der Waals surface area (Å²) >= 11 is 6.28. The predicted octanol–water partition coefficient (Wildman–Crippen LogP) is 5.30. The van der Waals surface area contributed by atoms with Crippen LogP contribution in [0.1, 0.15) is 65.7 Å². The Hall–Kier alpha value is -0.610. The molecule has 0 bridgehead atoms. The monoisotopic (exact) mass is 385 g/mol. The van der Waals surface area contributed by atoms with Crippen molar-refractivity contribution in [3.8, 4) is 0 Å². The summed E-state index contributed by atoms with van der Waals surface area (Å²) in [6.45, 7) is 6.15. The fourth-order valence-electron chi connectivity index (χ4n) is 4.03. The SMILES string of the molecule is CC(=N)CCCS(=O)(=O)C1CCC[C@](C)(C2=CC(C)C(Cl)C=C2)CC1. The third-order valence-electron chi connectivity index (χ3n) is 5.86. The van der Waals surface area contributed by atoms with Gasteiger partial charge in [0.1, 0.15) is 0 Å². The van der Waals surface area contributed by atoms with Crippen molar-refractivity contribution in [2.45, 2.75) is 76.3 Å². The third kappa shape index (κ3) is 5.43. The average Bonchev–Trinajstić information content (AvgIpc) is 2.73. The van der Waals surface area contributed by atoms with E-state index < -0.39 is 9.84 Å². The minimum absolute atomic E-state index is 0.0532. The lowest BCUT2D eigenvalue weighted by atomic mass is 9.73. The molecule has 0 heterocycles. The molecule has 0 spiro atoms. The summed E-state index contributed by atoms with van der Waals surface area (Å²) in [5, 5.41) is 7.30. The molecule has 1 N–H and O–H groups in total. The molecular weight excluding hydrogens is 354 g/mol. The van der Waals surface area contributed by atoms with E-state index >= 15 is 0 Å². The van der Waals surface area contributed by atoms with Gasteiger partial charge in [-0.3, -0.25) is 0 Å². The van der Waals surface area contributed by atoms with Crippen molar-refractivity contribution in [1.29, 1.82) is 5.41 Å². The lowest BCUT2D eigenvalue weighted by Gasteiger charge is -2.33. The smallest absolute Gasteiger partial charge is 0.153 e. The van der Waals surface area contributed by atoms with Gasteiger partial charge in [-0.05, 0) is 62.4 Å². The lowest BCUT2D eigenvalue weighted by molar-refractivity contribution is 0.346.